The molecule has 0 bridgehead atoms. The Hall–Kier alpha value is -2.27. The van der Waals surface area contributed by atoms with Crippen molar-refractivity contribution in [3.63, 3.8) is 0 Å². The van der Waals surface area contributed by atoms with Gasteiger partial charge in [0, 0.05) is 26.2 Å². The summed E-state index contributed by atoms with van der Waals surface area (Å²) in [5.74, 6) is 1.74. The van der Waals surface area contributed by atoms with Crippen molar-refractivity contribution in [1.29, 1.82) is 0 Å². The molecule has 1 fully saturated rings. The summed E-state index contributed by atoms with van der Waals surface area (Å²) in [6, 6.07) is 13.3. The van der Waals surface area contributed by atoms with Crippen molar-refractivity contribution >= 4 is 5.91 Å². The van der Waals surface area contributed by atoms with Crippen LogP contribution in [0, 0.1) is 0 Å². The van der Waals surface area contributed by atoms with Gasteiger partial charge in [-0.3, -0.25) is 9.69 Å². The number of hydrogen-bond acceptors (Lipinski definition) is 4. The zero-order chi connectivity index (χ0) is 16.1. The summed E-state index contributed by atoms with van der Waals surface area (Å²) in [5, 5.41) is 0. The van der Waals surface area contributed by atoms with Gasteiger partial charge in [0.1, 0.15) is 11.5 Å². The van der Waals surface area contributed by atoms with Crippen LogP contribution in [0.1, 0.15) is 12.7 Å². The lowest BCUT2D eigenvalue weighted by Gasteiger charge is -2.35. The molecule has 5 heteroatoms. The second-order valence-electron chi connectivity index (χ2n) is 5.75. The van der Waals surface area contributed by atoms with Crippen LogP contribution in [-0.4, -0.2) is 48.0 Å². The third-order valence-electron chi connectivity index (χ3n) is 4.05. The van der Waals surface area contributed by atoms with Gasteiger partial charge in [-0.15, -0.1) is 0 Å². The molecule has 122 valence electrons. The Kier molecular flexibility index (Phi) is 4.98. The smallest absolute Gasteiger partial charge is 0.263 e. The summed E-state index contributed by atoms with van der Waals surface area (Å²) in [4.78, 5) is 16.7. The topological polar surface area (TPSA) is 45.9 Å². The molecule has 1 atom stereocenters. The monoisotopic (exact) mass is 314 g/mol. The Morgan fingerprint density at radius 3 is 2.52 bits per heavy atom. The molecule has 1 amide bonds. The maximum Gasteiger partial charge on any atom is 0.263 e. The molecule has 0 unspecified atom stereocenters. The Morgan fingerprint density at radius 2 is 1.87 bits per heavy atom. The van der Waals surface area contributed by atoms with E-state index in [1.54, 1.807) is 6.26 Å². The summed E-state index contributed by atoms with van der Waals surface area (Å²) in [5.41, 5.74) is 0. The molecule has 1 aromatic heterocycles. The standard InChI is InChI=1S/C18H22N2O3/c1-15(23-16-6-3-2-4-7-16)18(21)20-11-9-19(10-12-20)14-17-8-5-13-22-17/h2-8,13,15H,9-12,14H2,1H3/t15-/m0/s1. The van der Waals surface area contributed by atoms with Crippen LogP contribution in [0.4, 0.5) is 0 Å². The first-order valence-corrected chi connectivity index (χ1v) is 7.97. The molecule has 1 saturated heterocycles. The minimum absolute atomic E-state index is 0.0477. The zero-order valence-electron chi connectivity index (χ0n) is 13.4. The first-order valence-electron chi connectivity index (χ1n) is 7.97. The van der Waals surface area contributed by atoms with Gasteiger partial charge in [-0.2, -0.15) is 0 Å². The van der Waals surface area contributed by atoms with Gasteiger partial charge >= 0.3 is 0 Å². The van der Waals surface area contributed by atoms with Crippen LogP contribution in [0.15, 0.2) is 53.1 Å². The Morgan fingerprint density at radius 1 is 1.13 bits per heavy atom. The molecule has 2 heterocycles. The molecule has 2 aromatic rings. The van der Waals surface area contributed by atoms with E-state index in [-0.39, 0.29) is 5.91 Å². The number of ether oxygens (including phenoxy) is 1. The van der Waals surface area contributed by atoms with E-state index in [1.807, 2.05) is 54.3 Å². The highest BCUT2D eigenvalue weighted by atomic mass is 16.5. The number of amides is 1. The third kappa shape index (κ3) is 4.13. The molecule has 0 N–H and O–H groups in total. The van der Waals surface area contributed by atoms with Crippen molar-refractivity contribution < 1.29 is 13.9 Å². The highest BCUT2D eigenvalue weighted by Crippen LogP contribution is 2.14. The van der Waals surface area contributed by atoms with Crippen molar-refractivity contribution in [3.05, 3.63) is 54.5 Å². The molecular weight excluding hydrogens is 292 g/mol. The highest BCUT2D eigenvalue weighted by Gasteiger charge is 2.26. The van der Waals surface area contributed by atoms with E-state index in [9.17, 15) is 4.79 Å². The van der Waals surface area contributed by atoms with Crippen molar-refractivity contribution in [2.24, 2.45) is 0 Å². The van der Waals surface area contributed by atoms with Gasteiger partial charge in [-0.05, 0) is 31.2 Å². The molecule has 1 aromatic carbocycles. The van der Waals surface area contributed by atoms with Crippen molar-refractivity contribution in [2.75, 3.05) is 26.2 Å². The van der Waals surface area contributed by atoms with Gasteiger partial charge in [-0.1, -0.05) is 18.2 Å². The fraction of sp³-hybridized carbons (Fsp3) is 0.389. The molecule has 0 radical (unpaired) electrons. The van der Waals surface area contributed by atoms with Gasteiger partial charge in [0.05, 0.1) is 12.8 Å². The molecule has 1 aliphatic heterocycles. The van der Waals surface area contributed by atoms with Crippen LogP contribution in [0.25, 0.3) is 0 Å². The quantitative estimate of drug-likeness (QED) is 0.850. The predicted octanol–water partition coefficient (Wildman–Crippen LogP) is 2.39. The van der Waals surface area contributed by atoms with Crippen LogP contribution in [-0.2, 0) is 11.3 Å². The number of furan rings is 1. The predicted molar refractivity (Wildman–Crippen MR) is 87.1 cm³/mol. The fourth-order valence-electron chi connectivity index (χ4n) is 2.76. The number of rotatable bonds is 5. The third-order valence-corrected chi connectivity index (χ3v) is 4.05. The molecular formula is C18H22N2O3. The van der Waals surface area contributed by atoms with Gasteiger partial charge < -0.3 is 14.1 Å². The maximum absolute atomic E-state index is 12.5. The maximum atomic E-state index is 12.5. The fourth-order valence-corrected chi connectivity index (χ4v) is 2.76. The van der Waals surface area contributed by atoms with E-state index in [2.05, 4.69) is 4.90 Å². The SMILES string of the molecule is C[C@H](Oc1ccccc1)C(=O)N1CCN(Cc2ccco2)CC1. The van der Waals surface area contributed by atoms with E-state index in [0.717, 1.165) is 44.2 Å². The lowest BCUT2D eigenvalue weighted by Crippen LogP contribution is -2.51. The number of piperazine rings is 1. The Bertz CT molecular complexity index is 604. The second kappa shape index (κ2) is 7.33. The molecule has 0 aliphatic carbocycles. The van der Waals surface area contributed by atoms with Crippen molar-refractivity contribution in [1.82, 2.24) is 9.80 Å². The van der Waals surface area contributed by atoms with E-state index < -0.39 is 6.10 Å². The average Bonchev–Trinajstić information content (AvgIpc) is 3.09. The van der Waals surface area contributed by atoms with Gasteiger partial charge in [0.25, 0.3) is 5.91 Å². The number of benzene rings is 1. The second-order valence-corrected chi connectivity index (χ2v) is 5.75. The van der Waals surface area contributed by atoms with Crippen LogP contribution in [0.3, 0.4) is 0 Å². The number of hydrogen-bond donors (Lipinski definition) is 0. The average molecular weight is 314 g/mol. The summed E-state index contributed by atoms with van der Waals surface area (Å²) in [6.45, 7) is 5.76. The van der Waals surface area contributed by atoms with Crippen molar-refractivity contribution in [2.45, 2.75) is 19.6 Å². The number of carbonyl (C=O) groups excluding carboxylic acids is 1. The molecule has 0 saturated carbocycles. The summed E-state index contributed by atoms with van der Waals surface area (Å²) < 4.78 is 11.1. The summed E-state index contributed by atoms with van der Waals surface area (Å²) >= 11 is 0. The molecule has 0 spiro atoms. The van der Waals surface area contributed by atoms with Crippen LogP contribution in [0.5, 0.6) is 5.75 Å². The van der Waals surface area contributed by atoms with E-state index in [1.165, 1.54) is 0 Å². The molecule has 5 nitrogen and oxygen atoms in total. The van der Waals surface area contributed by atoms with Gasteiger partial charge in [-0.25, -0.2) is 0 Å². The number of carbonyl (C=O) groups is 1. The minimum Gasteiger partial charge on any atom is -0.481 e. The number of nitrogens with zero attached hydrogens (tertiary/aromatic N) is 2. The Labute approximate surface area is 136 Å². The summed E-state index contributed by atoms with van der Waals surface area (Å²) in [7, 11) is 0. The molecule has 23 heavy (non-hydrogen) atoms. The number of para-hydroxylation sites is 1. The highest BCUT2D eigenvalue weighted by molar-refractivity contribution is 5.81. The lowest BCUT2D eigenvalue weighted by molar-refractivity contribution is -0.139. The molecule has 1 aliphatic rings. The van der Waals surface area contributed by atoms with Gasteiger partial charge in [0.15, 0.2) is 6.10 Å². The van der Waals surface area contributed by atoms with E-state index in [0.29, 0.717) is 0 Å². The largest absolute Gasteiger partial charge is 0.481 e. The Balaban J connectivity index is 1.47. The van der Waals surface area contributed by atoms with E-state index in [4.69, 9.17) is 9.15 Å². The van der Waals surface area contributed by atoms with E-state index >= 15 is 0 Å². The zero-order valence-corrected chi connectivity index (χ0v) is 13.4. The van der Waals surface area contributed by atoms with Crippen LogP contribution < -0.4 is 4.74 Å². The lowest BCUT2D eigenvalue weighted by atomic mass is 10.2. The summed E-state index contributed by atoms with van der Waals surface area (Å²) in [6.07, 6.45) is 1.23. The first-order chi connectivity index (χ1) is 11.2. The van der Waals surface area contributed by atoms with Crippen LogP contribution in [0.2, 0.25) is 0 Å². The molecule has 3 rings (SSSR count). The first kappa shape index (κ1) is 15.6. The normalized spacial score (nSPS) is 17.0. The van der Waals surface area contributed by atoms with Gasteiger partial charge in [0.2, 0.25) is 0 Å². The minimum atomic E-state index is -0.464. The van der Waals surface area contributed by atoms with Crippen molar-refractivity contribution in [3.8, 4) is 5.75 Å². The van der Waals surface area contributed by atoms with Crippen LogP contribution >= 0.6 is 0 Å².